The third-order valence-electron chi connectivity index (χ3n) is 5.11. The lowest BCUT2D eigenvalue weighted by molar-refractivity contribution is -0.151. The van der Waals surface area contributed by atoms with Crippen molar-refractivity contribution in [3.63, 3.8) is 0 Å². The van der Waals surface area contributed by atoms with Crippen molar-refractivity contribution in [1.82, 2.24) is 9.80 Å². The van der Waals surface area contributed by atoms with Crippen molar-refractivity contribution in [1.29, 1.82) is 5.26 Å². The molecule has 2 aliphatic rings. The van der Waals surface area contributed by atoms with Crippen LogP contribution in [0.1, 0.15) is 33.6 Å². The van der Waals surface area contributed by atoms with E-state index in [1.54, 1.807) is 6.08 Å². The van der Waals surface area contributed by atoms with Crippen molar-refractivity contribution in [3.05, 3.63) is 11.8 Å². The molecule has 1 saturated heterocycles. The fraction of sp³-hybridized carbons (Fsp3) is 0.600. The van der Waals surface area contributed by atoms with E-state index in [9.17, 15) is 19.6 Å². The number of ether oxygens (including phenoxy) is 2. The van der Waals surface area contributed by atoms with Crippen LogP contribution in [0.3, 0.4) is 0 Å². The highest BCUT2D eigenvalue weighted by Gasteiger charge is 2.62. The van der Waals surface area contributed by atoms with Crippen molar-refractivity contribution >= 4 is 17.9 Å². The average Bonchev–Trinajstić information content (AvgIpc) is 3.08. The first kappa shape index (κ1) is 21.3. The molecule has 1 heterocycles. The van der Waals surface area contributed by atoms with Gasteiger partial charge in [0.1, 0.15) is 12.6 Å². The van der Waals surface area contributed by atoms with Gasteiger partial charge in [-0.05, 0) is 17.9 Å². The van der Waals surface area contributed by atoms with Crippen LogP contribution in [0.25, 0.3) is 0 Å². The first-order valence-electron chi connectivity index (χ1n) is 9.22. The molecule has 0 spiro atoms. The van der Waals surface area contributed by atoms with Gasteiger partial charge in [0, 0.05) is 5.92 Å². The Morgan fingerprint density at radius 1 is 1.39 bits per heavy atom. The lowest BCUT2D eigenvalue weighted by Gasteiger charge is -2.15. The normalized spacial score (nSPS) is 23.2. The van der Waals surface area contributed by atoms with Crippen molar-refractivity contribution in [2.75, 3.05) is 26.4 Å². The molecule has 8 heteroatoms. The summed E-state index contributed by atoms with van der Waals surface area (Å²) in [6, 6.07) is 1.43. The van der Waals surface area contributed by atoms with Crippen LogP contribution in [0, 0.1) is 40.9 Å². The Labute approximate surface area is 165 Å². The maximum Gasteiger partial charge on any atom is 0.330 e. The SMILES string of the molecule is C#CCN1CC(=O)N(COC(=O)[C@@H]2[C@@H](C=C(C#N)OCCCC)C2(C)C)C1=O. The van der Waals surface area contributed by atoms with Crippen LogP contribution in [0.4, 0.5) is 4.79 Å². The van der Waals surface area contributed by atoms with Crippen LogP contribution in [0.2, 0.25) is 0 Å². The van der Waals surface area contributed by atoms with Gasteiger partial charge >= 0.3 is 12.0 Å². The first-order valence-corrected chi connectivity index (χ1v) is 9.22. The van der Waals surface area contributed by atoms with E-state index in [0.29, 0.717) is 6.61 Å². The lowest BCUT2D eigenvalue weighted by atomic mass is 10.1. The molecule has 0 aromatic heterocycles. The molecule has 0 aromatic rings. The fourth-order valence-electron chi connectivity index (χ4n) is 3.22. The predicted molar refractivity (Wildman–Crippen MR) is 98.9 cm³/mol. The number of hydrogen-bond acceptors (Lipinski definition) is 6. The topological polar surface area (TPSA) is 99.9 Å². The van der Waals surface area contributed by atoms with Crippen LogP contribution < -0.4 is 0 Å². The number of nitriles is 1. The van der Waals surface area contributed by atoms with Gasteiger partial charge in [-0.1, -0.05) is 33.1 Å². The van der Waals surface area contributed by atoms with Gasteiger partial charge in [-0.15, -0.1) is 6.42 Å². The molecular formula is C20H25N3O5. The molecule has 1 aliphatic carbocycles. The minimum absolute atomic E-state index is 0.0203. The van der Waals surface area contributed by atoms with E-state index in [2.05, 4.69) is 5.92 Å². The van der Waals surface area contributed by atoms with Gasteiger partial charge in [0.2, 0.25) is 0 Å². The van der Waals surface area contributed by atoms with Crippen LogP contribution >= 0.6 is 0 Å². The molecule has 2 atom stereocenters. The van der Waals surface area contributed by atoms with Crippen LogP contribution in [0.15, 0.2) is 11.8 Å². The summed E-state index contributed by atoms with van der Waals surface area (Å²) in [7, 11) is 0. The lowest BCUT2D eigenvalue weighted by Crippen LogP contribution is -2.36. The highest BCUT2D eigenvalue weighted by molar-refractivity contribution is 6.02. The molecule has 0 bridgehead atoms. The third-order valence-corrected chi connectivity index (χ3v) is 5.11. The monoisotopic (exact) mass is 387 g/mol. The Morgan fingerprint density at radius 3 is 2.71 bits per heavy atom. The van der Waals surface area contributed by atoms with Gasteiger partial charge in [-0.25, -0.2) is 9.69 Å². The summed E-state index contributed by atoms with van der Waals surface area (Å²) in [4.78, 5) is 38.5. The van der Waals surface area contributed by atoms with Crippen molar-refractivity contribution in [3.8, 4) is 18.4 Å². The summed E-state index contributed by atoms with van der Waals surface area (Å²) in [5.41, 5.74) is -0.401. The van der Waals surface area contributed by atoms with Crippen LogP contribution in [-0.2, 0) is 19.1 Å². The number of rotatable bonds is 9. The zero-order chi connectivity index (χ0) is 20.9. The van der Waals surface area contributed by atoms with E-state index in [0.717, 1.165) is 17.7 Å². The number of nitrogens with zero attached hydrogens (tertiary/aromatic N) is 3. The maximum absolute atomic E-state index is 12.5. The van der Waals surface area contributed by atoms with Crippen LogP contribution in [0.5, 0.6) is 0 Å². The molecule has 0 radical (unpaired) electrons. The molecule has 2 rings (SSSR count). The van der Waals surface area contributed by atoms with Crippen molar-refractivity contribution in [2.24, 2.45) is 17.3 Å². The summed E-state index contributed by atoms with van der Waals surface area (Å²) in [6.45, 7) is 5.71. The van der Waals surface area contributed by atoms with E-state index < -0.39 is 36.0 Å². The Hall–Kier alpha value is -3.00. The van der Waals surface area contributed by atoms with Gasteiger partial charge in [0.15, 0.2) is 12.5 Å². The number of amides is 3. The number of imide groups is 1. The number of carbonyl (C=O) groups excluding carboxylic acids is 3. The molecule has 8 nitrogen and oxygen atoms in total. The largest absolute Gasteiger partial charge is 0.484 e. The summed E-state index contributed by atoms with van der Waals surface area (Å²) >= 11 is 0. The number of carbonyl (C=O) groups is 3. The predicted octanol–water partition coefficient (Wildman–Crippen LogP) is 1.88. The zero-order valence-corrected chi connectivity index (χ0v) is 16.4. The second-order valence-electron chi connectivity index (χ2n) is 7.43. The molecule has 0 N–H and O–H groups in total. The summed E-state index contributed by atoms with van der Waals surface area (Å²) in [6.07, 6.45) is 8.62. The molecule has 0 aromatic carbocycles. The van der Waals surface area contributed by atoms with Crippen molar-refractivity contribution < 1.29 is 23.9 Å². The minimum atomic E-state index is -0.571. The quantitative estimate of drug-likeness (QED) is 0.150. The van der Waals surface area contributed by atoms with Gasteiger partial charge in [0.05, 0.1) is 19.1 Å². The number of allylic oxidation sites excluding steroid dienone is 2. The average molecular weight is 387 g/mol. The fourth-order valence-corrected chi connectivity index (χ4v) is 3.22. The Bertz CT molecular complexity index is 759. The summed E-state index contributed by atoms with van der Waals surface area (Å²) in [5, 5.41) is 9.21. The number of esters is 1. The number of unbranched alkanes of at least 4 members (excludes halogenated alkanes) is 1. The second-order valence-corrected chi connectivity index (χ2v) is 7.43. The molecule has 3 amide bonds. The van der Waals surface area contributed by atoms with Gasteiger partial charge in [-0.3, -0.25) is 9.59 Å². The highest BCUT2D eigenvalue weighted by Crippen LogP contribution is 2.59. The maximum atomic E-state index is 12.5. The molecule has 2 fully saturated rings. The van der Waals surface area contributed by atoms with Gasteiger partial charge in [-0.2, -0.15) is 5.26 Å². The van der Waals surface area contributed by atoms with E-state index in [1.165, 1.54) is 4.90 Å². The molecule has 1 saturated carbocycles. The summed E-state index contributed by atoms with van der Waals surface area (Å²) in [5.74, 6) is 0.834. The van der Waals surface area contributed by atoms with Gasteiger partial charge in [0.25, 0.3) is 5.91 Å². The number of hydrogen-bond donors (Lipinski definition) is 0. The summed E-state index contributed by atoms with van der Waals surface area (Å²) < 4.78 is 10.6. The van der Waals surface area contributed by atoms with E-state index in [4.69, 9.17) is 15.9 Å². The molecular weight excluding hydrogens is 362 g/mol. The minimum Gasteiger partial charge on any atom is -0.484 e. The number of urea groups is 1. The van der Waals surface area contributed by atoms with Gasteiger partial charge < -0.3 is 14.4 Å². The van der Waals surface area contributed by atoms with Crippen LogP contribution in [-0.4, -0.2) is 54.1 Å². The Morgan fingerprint density at radius 2 is 2.11 bits per heavy atom. The standard InChI is InChI=1S/C20H25N3O5/c1-5-7-9-27-14(11-21)10-15-17(20(15,3)4)18(25)28-13-23-16(24)12-22(8-6-2)19(23)26/h2,10,15,17H,5,7-9,12-13H2,1,3-4H3/t15-,17+/m1/s1. The second kappa shape index (κ2) is 8.79. The third kappa shape index (κ3) is 4.45. The molecule has 150 valence electrons. The number of terminal acetylenes is 1. The molecule has 28 heavy (non-hydrogen) atoms. The van der Waals surface area contributed by atoms with Crippen molar-refractivity contribution in [2.45, 2.75) is 33.6 Å². The smallest absolute Gasteiger partial charge is 0.330 e. The zero-order valence-electron chi connectivity index (χ0n) is 16.4. The molecule has 0 unspecified atom stereocenters. The molecule has 1 aliphatic heterocycles. The van der Waals surface area contributed by atoms with E-state index >= 15 is 0 Å². The van der Waals surface area contributed by atoms with E-state index in [-0.39, 0.29) is 24.8 Å². The first-order chi connectivity index (χ1) is 13.3. The highest BCUT2D eigenvalue weighted by atomic mass is 16.5. The van der Waals surface area contributed by atoms with E-state index in [1.807, 2.05) is 26.8 Å². The Kier molecular flexibility index (Phi) is 6.69. The Balaban J connectivity index is 1.94.